The molecule has 0 saturated carbocycles. The van der Waals surface area contributed by atoms with Crippen LogP contribution in [-0.4, -0.2) is 14.8 Å². The molecule has 0 fully saturated rings. The van der Waals surface area contributed by atoms with Crippen LogP contribution in [0.5, 0.6) is 11.8 Å². The number of hydrogen-bond acceptors (Lipinski definition) is 2. The van der Waals surface area contributed by atoms with Gasteiger partial charge < -0.3 is 10.2 Å². The summed E-state index contributed by atoms with van der Waals surface area (Å²) >= 11 is 0. The van der Waals surface area contributed by atoms with Gasteiger partial charge in [-0.25, -0.2) is 22.1 Å². The Bertz CT molecular complexity index is 710. The van der Waals surface area contributed by atoms with Crippen molar-refractivity contribution in [2.75, 3.05) is 0 Å². The van der Waals surface area contributed by atoms with Gasteiger partial charge >= 0.3 is 0 Å². The molecule has 0 amide bonds. The van der Waals surface area contributed by atoms with Gasteiger partial charge in [-0.1, -0.05) is 0 Å². The Hall–Kier alpha value is -2.18. The Kier molecular flexibility index (Phi) is 3.07. The standard InChI is InChI=1S/C14H11F4NO2/c15-8-5-9(16)12(11(18)10(8)17)19-13(20)6-3-1-2-4-7(6)14(19)21/h5,20-21H,1-4H2. The third kappa shape index (κ3) is 1.87. The quantitative estimate of drug-likeness (QED) is 0.482. The summed E-state index contributed by atoms with van der Waals surface area (Å²) in [5, 5.41) is 20.1. The van der Waals surface area contributed by atoms with Crippen LogP contribution in [0.4, 0.5) is 17.6 Å². The Morgan fingerprint density at radius 2 is 1.33 bits per heavy atom. The van der Waals surface area contributed by atoms with Crippen LogP contribution in [0.25, 0.3) is 5.69 Å². The topological polar surface area (TPSA) is 45.4 Å². The smallest absolute Gasteiger partial charge is 0.202 e. The van der Waals surface area contributed by atoms with Crippen LogP contribution in [0.1, 0.15) is 24.0 Å². The first-order valence-corrected chi connectivity index (χ1v) is 6.41. The van der Waals surface area contributed by atoms with Crippen LogP contribution < -0.4 is 0 Å². The van der Waals surface area contributed by atoms with Gasteiger partial charge in [-0.2, -0.15) is 0 Å². The van der Waals surface area contributed by atoms with E-state index in [0.717, 1.165) is 12.8 Å². The lowest BCUT2D eigenvalue weighted by atomic mass is 9.95. The fourth-order valence-corrected chi connectivity index (χ4v) is 2.74. The maximum absolute atomic E-state index is 13.8. The van der Waals surface area contributed by atoms with Crippen molar-refractivity contribution in [3.8, 4) is 17.4 Å². The molecule has 0 bridgehead atoms. The number of benzene rings is 1. The molecular weight excluding hydrogens is 290 g/mol. The summed E-state index contributed by atoms with van der Waals surface area (Å²) in [6.45, 7) is 0. The largest absolute Gasteiger partial charge is 0.494 e. The lowest BCUT2D eigenvalue weighted by Crippen LogP contribution is -2.05. The van der Waals surface area contributed by atoms with E-state index in [2.05, 4.69) is 0 Å². The number of fused-ring (bicyclic) bond motifs is 1. The molecule has 0 spiro atoms. The molecule has 3 nitrogen and oxygen atoms in total. The summed E-state index contributed by atoms with van der Waals surface area (Å²) in [5.41, 5.74) is -0.275. The summed E-state index contributed by atoms with van der Waals surface area (Å²) in [6, 6.07) is 0.172. The number of hydrogen-bond donors (Lipinski definition) is 2. The van der Waals surface area contributed by atoms with Crippen molar-refractivity contribution in [2.24, 2.45) is 0 Å². The normalized spacial score (nSPS) is 14.3. The number of rotatable bonds is 1. The third-order valence-corrected chi connectivity index (χ3v) is 3.74. The van der Waals surface area contributed by atoms with Crippen molar-refractivity contribution >= 4 is 0 Å². The minimum atomic E-state index is -1.86. The molecule has 1 aromatic heterocycles. The van der Waals surface area contributed by atoms with E-state index in [4.69, 9.17) is 0 Å². The summed E-state index contributed by atoms with van der Waals surface area (Å²) in [4.78, 5) is 0. The molecule has 0 radical (unpaired) electrons. The monoisotopic (exact) mass is 301 g/mol. The van der Waals surface area contributed by atoms with Gasteiger partial charge in [0.25, 0.3) is 0 Å². The lowest BCUT2D eigenvalue weighted by Gasteiger charge is -2.10. The maximum Gasteiger partial charge on any atom is 0.202 e. The van der Waals surface area contributed by atoms with Crippen molar-refractivity contribution in [3.63, 3.8) is 0 Å². The zero-order valence-electron chi connectivity index (χ0n) is 10.8. The molecule has 1 aliphatic rings. The molecule has 0 unspecified atom stereocenters. The zero-order chi connectivity index (χ0) is 15.3. The predicted molar refractivity (Wildman–Crippen MR) is 65.6 cm³/mol. The molecule has 7 heteroatoms. The molecule has 21 heavy (non-hydrogen) atoms. The molecule has 2 aromatic rings. The molecule has 1 heterocycles. The van der Waals surface area contributed by atoms with E-state index in [1.54, 1.807) is 0 Å². The van der Waals surface area contributed by atoms with Crippen LogP contribution in [0.2, 0.25) is 0 Å². The minimum Gasteiger partial charge on any atom is -0.494 e. The average molecular weight is 301 g/mol. The first-order chi connectivity index (χ1) is 9.93. The number of nitrogens with zero attached hydrogens (tertiary/aromatic N) is 1. The van der Waals surface area contributed by atoms with Crippen molar-refractivity contribution in [1.82, 2.24) is 4.57 Å². The Morgan fingerprint density at radius 3 is 1.86 bits per heavy atom. The maximum atomic E-state index is 13.8. The SMILES string of the molecule is Oc1c2c(c(O)n1-c1c(F)cc(F)c(F)c1F)CCCC2. The molecule has 0 atom stereocenters. The molecule has 0 saturated heterocycles. The average Bonchev–Trinajstić information content (AvgIpc) is 2.71. The summed E-state index contributed by atoms with van der Waals surface area (Å²) in [6.07, 6.45) is 2.39. The zero-order valence-corrected chi connectivity index (χ0v) is 10.8. The van der Waals surface area contributed by atoms with E-state index < -0.39 is 40.7 Å². The number of aromatic hydroxyl groups is 2. The lowest BCUT2D eigenvalue weighted by molar-refractivity contribution is 0.382. The van der Waals surface area contributed by atoms with E-state index in [1.807, 2.05) is 0 Å². The highest BCUT2D eigenvalue weighted by Crippen LogP contribution is 2.42. The summed E-state index contributed by atoms with van der Waals surface area (Å²) in [5.74, 6) is -7.85. The van der Waals surface area contributed by atoms with E-state index in [0.29, 0.717) is 28.5 Å². The molecule has 0 aliphatic heterocycles. The van der Waals surface area contributed by atoms with Gasteiger partial charge in [0.1, 0.15) is 5.69 Å². The fraction of sp³-hybridized carbons (Fsp3) is 0.286. The summed E-state index contributed by atoms with van der Waals surface area (Å²) in [7, 11) is 0. The van der Waals surface area contributed by atoms with Crippen LogP contribution >= 0.6 is 0 Å². The van der Waals surface area contributed by atoms with E-state index in [9.17, 15) is 27.8 Å². The van der Waals surface area contributed by atoms with E-state index in [1.165, 1.54) is 0 Å². The van der Waals surface area contributed by atoms with Crippen molar-refractivity contribution < 1.29 is 27.8 Å². The van der Waals surface area contributed by atoms with Crippen molar-refractivity contribution in [3.05, 3.63) is 40.5 Å². The molecule has 1 aliphatic carbocycles. The second-order valence-corrected chi connectivity index (χ2v) is 4.96. The van der Waals surface area contributed by atoms with Crippen LogP contribution in [-0.2, 0) is 12.8 Å². The minimum absolute atomic E-state index is 0.172. The highest BCUT2D eigenvalue weighted by molar-refractivity contribution is 5.54. The van der Waals surface area contributed by atoms with Gasteiger partial charge in [0.15, 0.2) is 23.3 Å². The Balaban J connectivity index is 2.32. The second-order valence-electron chi connectivity index (χ2n) is 4.96. The van der Waals surface area contributed by atoms with Gasteiger partial charge in [-0.15, -0.1) is 0 Å². The first-order valence-electron chi connectivity index (χ1n) is 6.41. The van der Waals surface area contributed by atoms with Crippen LogP contribution in [0.3, 0.4) is 0 Å². The Labute approximate surface area is 117 Å². The van der Waals surface area contributed by atoms with Gasteiger partial charge in [-0.3, -0.25) is 0 Å². The van der Waals surface area contributed by atoms with Crippen LogP contribution in [0.15, 0.2) is 6.07 Å². The number of aromatic nitrogens is 1. The van der Waals surface area contributed by atoms with Crippen molar-refractivity contribution in [2.45, 2.75) is 25.7 Å². The molecule has 2 N–H and O–H groups in total. The van der Waals surface area contributed by atoms with Crippen LogP contribution in [0, 0.1) is 23.3 Å². The van der Waals surface area contributed by atoms with E-state index >= 15 is 0 Å². The molecule has 3 rings (SSSR count). The fourth-order valence-electron chi connectivity index (χ4n) is 2.74. The molecular formula is C14H11F4NO2. The predicted octanol–water partition coefficient (Wildman–Crippen LogP) is 3.32. The highest BCUT2D eigenvalue weighted by Gasteiger charge is 2.30. The Morgan fingerprint density at radius 1 is 0.810 bits per heavy atom. The van der Waals surface area contributed by atoms with Gasteiger partial charge in [0, 0.05) is 17.2 Å². The van der Waals surface area contributed by atoms with Gasteiger partial charge in [-0.05, 0) is 25.7 Å². The first kappa shape index (κ1) is 13.8. The van der Waals surface area contributed by atoms with Gasteiger partial charge in [0.05, 0.1) is 0 Å². The van der Waals surface area contributed by atoms with Gasteiger partial charge in [0.2, 0.25) is 11.8 Å². The second kappa shape index (κ2) is 4.68. The third-order valence-electron chi connectivity index (χ3n) is 3.74. The van der Waals surface area contributed by atoms with E-state index in [-0.39, 0.29) is 6.07 Å². The van der Waals surface area contributed by atoms with Crippen molar-refractivity contribution in [1.29, 1.82) is 0 Å². The summed E-state index contributed by atoms with van der Waals surface area (Å²) < 4.78 is 54.4. The molecule has 1 aromatic carbocycles. The highest BCUT2D eigenvalue weighted by atomic mass is 19.2. The molecule has 112 valence electrons. The number of halogens is 4.